The number of imidazole rings is 1. The van der Waals surface area contributed by atoms with E-state index in [1.165, 1.54) is 5.56 Å². The van der Waals surface area contributed by atoms with Gasteiger partial charge in [-0.2, -0.15) is 4.98 Å². The zero-order chi connectivity index (χ0) is 21.4. The van der Waals surface area contributed by atoms with Crippen LogP contribution in [0, 0.1) is 0 Å². The molecule has 2 heterocycles. The van der Waals surface area contributed by atoms with Crippen molar-refractivity contribution in [3.63, 3.8) is 0 Å². The van der Waals surface area contributed by atoms with Crippen LogP contribution in [-0.2, 0) is 6.54 Å². The lowest BCUT2D eigenvalue weighted by Crippen LogP contribution is -2.19. The number of nitrogen functional groups attached to an aromatic ring is 1. The Labute approximate surface area is 179 Å². The molecule has 5 aromatic rings. The predicted molar refractivity (Wildman–Crippen MR) is 124 cm³/mol. The Morgan fingerprint density at radius 3 is 2.48 bits per heavy atom. The molecule has 5 rings (SSSR count). The number of nitrogens with zero attached hydrogens (tertiary/aromatic N) is 5. The molecule has 3 aromatic carbocycles. The van der Waals surface area contributed by atoms with Crippen LogP contribution in [0.1, 0.15) is 5.56 Å². The highest BCUT2D eigenvalue weighted by Gasteiger charge is 2.19. The first-order valence-electron chi connectivity index (χ1n) is 9.99. The van der Waals surface area contributed by atoms with E-state index in [0.717, 1.165) is 27.8 Å². The van der Waals surface area contributed by atoms with Gasteiger partial charge in [0.1, 0.15) is 17.1 Å². The highest BCUT2D eigenvalue weighted by atomic mass is 16.5. The molecule has 0 atom stereocenters. The van der Waals surface area contributed by atoms with Crippen molar-refractivity contribution in [3.05, 3.63) is 78.4 Å². The Kier molecular flexibility index (Phi) is 4.63. The van der Waals surface area contributed by atoms with E-state index in [1.807, 2.05) is 67.7 Å². The van der Waals surface area contributed by atoms with Gasteiger partial charge in [-0.3, -0.25) is 0 Å². The summed E-state index contributed by atoms with van der Waals surface area (Å²) < 4.78 is 7.38. The molecule has 2 aromatic heterocycles. The SMILES string of the molecule is COc1cccc2c(N(C)Cc3ccccc3)nc(-n3c(N)nc4ccccc43)nc12. The zero-order valence-electron chi connectivity index (χ0n) is 17.4. The van der Waals surface area contributed by atoms with E-state index in [-0.39, 0.29) is 0 Å². The molecule has 0 radical (unpaired) electrons. The van der Waals surface area contributed by atoms with Crippen molar-refractivity contribution < 1.29 is 4.74 Å². The number of anilines is 2. The molecule has 31 heavy (non-hydrogen) atoms. The van der Waals surface area contributed by atoms with Crippen molar-refractivity contribution in [3.8, 4) is 11.7 Å². The topological polar surface area (TPSA) is 82.1 Å². The Balaban J connectivity index is 1.74. The van der Waals surface area contributed by atoms with Gasteiger partial charge in [-0.1, -0.05) is 48.5 Å². The van der Waals surface area contributed by atoms with Crippen molar-refractivity contribution in [1.29, 1.82) is 0 Å². The molecule has 0 saturated carbocycles. The summed E-state index contributed by atoms with van der Waals surface area (Å²) in [4.78, 5) is 16.3. The zero-order valence-corrected chi connectivity index (χ0v) is 17.4. The molecular formula is C24H22N6O. The van der Waals surface area contributed by atoms with Gasteiger partial charge < -0.3 is 15.4 Å². The highest BCUT2D eigenvalue weighted by Crippen LogP contribution is 2.32. The van der Waals surface area contributed by atoms with Gasteiger partial charge in [-0.05, 0) is 29.8 Å². The monoisotopic (exact) mass is 410 g/mol. The third kappa shape index (κ3) is 3.30. The van der Waals surface area contributed by atoms with Gasteiger partial charge in [0.25, 0.3) is 0 Å². The number of hydrogen-bond acceptors (Lipinski definition) is 6. The first-order valence-corrected chi connectivity index (χ1v) is 9.99. The molecule has 0 fully saturated rings. The fourth-order valence-electron chi connectivity index (χ4n) is 3.84. The van der Waals surface area contributed by atoms with Crippen LogP contribution in [0.4, 0.5) is 11.8 Å². The molecular weight excluding hydrogens is 388 g/mol. The predicted octanol–water partition coefficient (Wildman–Crippen LogP) is 4.20. The molecule has 0 aliphatic carbocycles. The van der Waals surface area contributed by atoms with E-state index in [2.05, 4.69) is 22.0 Å². The Hall–Kier alpha value is -4.13. The average molecular weight is 410 g/mol. The van der Waals surface area contributed by atoms with Gasteiger partial charge in [-0.15, -0.1) is 0 Å². The molecule has 154 valence electrons. The maximum absolute atomic E-state index is 6.28. The summed E-state index contributed by atoms with van der Waals surface area (Å²) in [5.41, 5.74) is 9.84. The van der Waals surface area contributed by atoms with E-state index in [0.29, 0.717) is 24.2 Å². The summed E-state index contributed by atoms with van der Waals surface area (Å²) in [7, 11) is 3.66. The number of methoxy groups -OCH3 is 1. The third-order valence-corrected chi connectivity index (χ3v) is 5.29. The second-order valence-electron chi connectivity index (χ2n) is 7.34. The molecule has 7 nitrogen and oxygen atoms in total. The van der Waals surface area contributed by atoms with Crippen LogP contribution in [0.25, 0.3) is 27.9 Å². The fourth-order valence-corrected chi connectivity index (χ4v) is 3.84. The van der Waals surface area contributed by atoms with Crippen molar-refractivity contribution >= 4 is 33.7 Å². The largest absolute Gasteiger partial charge is 0.494 e. The first-order chi connectivity index (χ1) is 15.2. The second-order valence-corrected chi connectivity index (χ2v) is 7.34. The van der Waals surface area contributed by atoms with Crippen LogP contribution in [-0.4, -0.2) is 33.7 Å². The molecule has 0 unspecified atom stereocenters. The lowest BCUT2D eigenvalue weighted by atomic mass is 10.2. The number of fused-ring (bicyclic) bond motifs is 2. The number of aromatic nitrogens is 4. The first kappa shape index (κ1) is 18.9. The summed E-state index contributed by atoms with van der Waals surface area (Å²) in [6.45, 7) is 0.698. The summed E-state index contributed by atoms with van der Waals surface area (Å²) in [6, 6.07) is 23.9. The minimum atomic E-state index is 0.340. The molecule has 2 N–H and O–H groups in total. The Morgan fingerprint density at radius 1 is 0.903 bits per heavy atom. The number of rotatable bonds is 5. The number of nitrogens with two attached hydrogens (primary N) is 1. The maximum Gasteiger partial charge on any atom is 0.239 e. The van der Waals surface area contributed by atoms with Gasteiger partial charge in [-0.25, -0.2) is 14.5 Å². The van der Waals surface area contributed by atoms with Crippen LogP contribution >= 0.6 is 0 Å². The number of benzene rings is 3. The molecule has 0 aliphatic heterocycles. The van der Waals surface area contributed by atoms with Crippen molar-refractivity contribution in [1.82, 2.24) is 19.5 Å². The number of hydrogen-bond donors (Lipinski definition) is 1. The molecule has 0 saturated heterocycles. The normalized spacial score (nSPS) is 11.2. The standard InChI is InChI=1S/C24H22N6O/c1-29(15-16-9-4-3-5-10-16)22-17-11-8-14-20(31-2)21(17)27-24(28-22)30-19-13-7-6-12-18(19)26-23(30)25/h3-14H,15H2,1-2H3,(H2,25,26). The fraction of sp³-hybridized carbons (Fsp3) is 0.125. The molecule has 0 aliphatic rings. The van der Waals surface area contributed by atoms with Crippen LogP contribution < -0.4 is 15.4 Å². The Morgan fingerprint density at radius 2 is 1.68 bits per heavy atom. The van der Waals surface area contributed by atoms with Crippen molar-refractivity contribution in [2.45, 2.75) is 6.54 Å². The maximum atomic E-state index is 6.28. The summed E-state index contributed by atoms with van der Waals surface area (Å²) >= 11 is 0. The van der Waals surface area contributed by atoms with Crippen molar-refractivity contribution in [2.75, 3.05) is 24.8 Å². The van der Waals surface area contributed by atoms with Gasteiger partial charge >= 0.3 is 0 Å². The van der Waals surface area contributed by atoms with Gasteiger partial charge in [0, 0.05) is 19.0 Å². The third-order valence-electron chi connectivity index (χ3n) is 5.29. The number of para-hydroxylation sites is 3. The van der Waals surface area contributed by atoms with Crippen LogP contribution in [0.5, 0.6) is 5.75 Å². The molecule has 0 spiro atoms. The summed E-state index contributed by atoms with van der Waals surface area (Å²) in [5.74, 6) is 2.27. The van der Waals surface area contributed by atoms with E-state index in [4.69, 9.17) is 20.4 Å². The van der Waals surface area contributed by atoms with Crippen LogP contribution in [0.15, 0.2) is 72.8 Å². The van der Waals surface area contributed by atoms with E-state index in [9.17, 15) is 0 Å². The van der Waals surface area contributed by atoms with Crippen LogP contribution in [0.2, 0.25) is 0 Å². The molecule has 7 heteroatoms. The van der Waals surface area contributed by atoms with Gasteiger partial charge in [0.2, 0.25) is 11.9 Å². The van der Waals surface area contributed by atoms with Gasteiger partial charge in [0.05, 0.1) is 18.1 Å². The van der Waals surface area contributed by atoms with E-state index in [1.54, 1.807) is 11.7 Å². The Bertz CT molecular complexity index is 1380. The summed E-state index contributed by atoms with van der Waals surface area (Å²) in [5, 5.41) is 0.907. The molecule has 0 bridgehead atoms. The second kappa shape index (κ2) is 7.60. The highest BCUT2D eigenvalue weighted by molar-refractivity contribution is 5.94. The lowest BCUT2D eigenvalue weighted by Gasteiger charge is -2.21. The minimum absolute atomic E-state index is 0.340. The van der Waals surface area contributed by atoms with Crippen molar-refractivity contribution in [2.24, 2.45) is 0 Å². The van der Waals surface area contributed by atoms with Crippen LogP contribution in [0.3, 0.4) is 0 Å². The quantitative estimate of drug-likeness (QED) is 0.468. The average Bonchev–Trinajstić information content (AvgIpc) is 3.14. The lowest BCUT2D eigenvalue weighted by molar-refractivity contribution is 0.419. The van der Waals surface area contributed by atoms with E-state index < -0.39 is 0 Å². The minimum Gasteiger partial charge on any atom is -0.494 e. The number of ether oxygens (including phenoxy) is 1. The van der Waals surface area contributed by atoms with Gasteiger partial charge in [0.15, 0.2) is 0 Å². The van der Waals surface area contributed by atoms with E-state index >= 15 is 0 Å². The summed E-state index contributed by atoms with van der Waals surface area (Å²) in [6.07, 6.45) is 0. The smallest absolute Gasteiger partial charge is 0.239 e. The molecule has 0 amide bonds.